The van der Waals surface area contributed by atoms with E-state index in [0.717, 1.165) is 19.4 Å². The van der Waals surface area contributed by atoms with Crippen LogP contribution in [0.3, 0.4) is 0 Å². The molecule has 0 amide bonds. The van der Waals surface area contributed by atoms with Crippen molar-refractivity contribution >= 4 is 21.6 Å². The molecule has 0 N–H and O–H groups in total. The van der Waals surface area contributed by atoms with Gasteiger partial charge in [0, 0.05) is 7.05 Å². The summed E-state index contributed by atoms with van der Waals surface area (Å²) in [5, 5.41) is -0.115. The highest BCUT2D eigenvalue weighted by molar-refractivity contribution is 7.89. The number of hydrogen-bond acceptors (Lipinski definition) is 4. The number of alkyl halides is 2. The Morgan fingerprint density at radius 2 is 1.94 bits per heavy atom. The molecule has 0 aliphatic heterocycles. The highest BCUT2D eigenvalue weighted by Gasteiger charge is 2.24. The number of rotatable bonds is 4. The minimum absolute atomic E-state index is 0.115. The molecule has 1 heterocycles. The lowest BCUT2D eigenvalue weighted by molar-refractivity contribution is 0.126. The van der Waals surface area contributed by atoms with Crippen molar-refractivity contribution in [1.29, 1.82) is 0 Å². The Morgan fingerprint density at radius 3 is 2.38 bits per heavy atom. The maximum atomic E-state index is 12.0. The molecular formula is C7H8ClF2N3O2S. The van der Waals surface area contributed by atoms with Crippen molar-refractivity contribution in [2.45, 2.75) is 11.3 Å². The molecule has 0 aliphatic carbocycles. The first-order valence-electron chi connectivity index (χ1n) is 4.06. The molecule has 0 bridgehead atoms. The molecule has 0 radical (unpaired) electrons. The summed E-state index contributed by atoms with van der Waals surface area (Å²) in [4.78, 5) is 6.66. The zero-order chi connectivity index (χ0) is 12.3. The second kappa shape index (κ2) is 4.98. The molecule has 9 heteroatoms. The lowest BCUT2D eigenvalue weighted by Crippen LogP contribution is -2.31. The third-order valence-corrected chi connectivity index (χ3v) is 3.67. The van der Waals surface area contributed by atoms with Crippen LogP contribution in [-0.2, 0) is 10.0 Å². The quantitative estimate of drug-likeness (QED) is 0.767. The normalized spacial score (nSPS) is 12.4. The van der Waals surface area contributed by atoms with Gasteiger partial charge in [-0.05, 0) is 11.6 Å². The van der Waals surface area contributed by atoms with Crippen molar-refractivity contribution in [2.24, 2.45) is 0 Å². The van der Waals surface area contributed by atoms with Gasteiger partial charge < -0.3 is 0 Å². The lowest BCUT2D eigenvalue weighted by Gasteiger charge is -2.15. The lowest BCUT2D eigenvalue weighted by atomic mass is 10.7. The van der Waals surface area contributed by atoms with E-state index in [1.54, 1.807) is 0 Å². The molecule has 0 spiro atoms. The number of nitrogens with zero attached hydrogens (tertiary/aromatic N) is 3. The first-order chi connectivity index (χ1) is 7.34. The zero-order valence-electron chi connectivity index (χ0n) is 8.14. The fourth-order valence-electron chi connectivity index (χ4n) is 0.906. The van der Waals surface area contributed by atoms with E-state index in [0.29, 0.717) is 4.31 Å². The van der Waals surface area contributed by atoms with Gasteiger partial charge in [-0.2, -0.15) is 4.31 Å². The molecule has 0 fully saturated rings. The second-order valence-electron chi connectivity index (χ2n) is 2.86. The van der Waals surface area contributed by atoms with E-state index < -0.39 is 23.0 Å². The molecule has 1 aromatic heterocycles. The summed E-state index contributed by atoms with van der Waals surface area (Å²) in [6.45, 7) is -0.884. The first-order valence-corrected chi connectivity index (χ1v) is 5.88. The third kappa shape index (κ3) is 3.06. The van der Waals surface area contributed by atoms with Crippen molar-refractivity contribution in [3.05, 3.63) is 17.7 Å². The van der Waals surface area contributed by atoms with Gasteiger partial charge in [-0.15, -0.1) is 0 Å². The molecule has 0 saturated heterocycles. The summed E-state index contributed by atoms with van der Waals surface area (Å²) in [5.41, 5.74) is 0. The molecule has 0 unspecified atom stereocenters. The Morgan fingerprint density at radius 1 is 1.44 bits per heavy atom. The van der Waals surface area contributed by atoms with Crippen LogP contribution in [0.4, 0.5) is 8.78 Å². The highest BCUT2D eigenvalue weighted by Crippen LogP contribution is 2.14. The zero-order valence-corrected chi connectivity index (χ0v) is 9.71. The third-order valence-electron chi connectivity index (χ3n) is 1.70. The predicted octanol–water partition coefficient (Wildman–Crippen LogP) is 1.02. The molecule has 0 atom stereocenters. The second-order valence-corrected chi connectivity index (χ2v) is 5.25. The molecule has 1 aromatic rings. The van der Waals surface area contributed by atoms with Gasteiger partial charge in [-0.25, -0.2) is 27.2 Å². The summed E-state index contributed by atoms with van der Waals surface area (Å²) >= 11 is 5.38. The van der Waals surface area contributed by atoms with E-state index in [1.165, 1.54) is 0 Å². The SMILES string of the molecule is CN(CC(F)F)S(=O)(=O)c1cnc(Cl)nc1. The summed E-state index contributed by atoms with van der Waals surface area (Å²) < 4.78 is 47.9. The van der Waals surface area contributed by atoms with E-state index in [2.05, 4.69) is 9.97 Å². The molecule has 16 heavy (non-hydrogen) atoms. The Labute approximate surface area is 96.1 Å². The van der Waals surface area contributed by atoms with Crippen LogP contribution in [0.2, 0.25) is 5.28 Å². The van der Waals surface area contributed by atoms with Gasteiger partial charge in [0.15, 0.2) is 0 Å². The summed E-state index contributed by atoms with van der Waals surface area (Å²) in [7, 11) is -2.93. The number of aromatic nitrogens is 2. The maximum Gasteiger partial charge on any atom is 0.252 e. The van der Waals surface area contributed by atoms with Crippen molar-refractivity contribution in [2.75, 3.05) is 13.6 Å². The van der Waals surface area contributed by atoms with E-state index >= 15 is 0 Å². The van der Waals surface area contributed by atoms with Crippen LogP contribution >= 0.6 is 11.6 Å². The Kier molecular flexibility index (Phi) is 4.11. The van der Waals surface area contributed by atoms with Gasteiger partial charge in [0.25, 0.3) is 6.43 Å². The maximum absolute atomic E-state index is 12.0. The van der Waals surface area contributed by atoms with E-state index in [1.807, 2.05) is 0 Å². The average Bonchev–Trinajstić information content (AvgIpc) is 2.17. The van der Waals surface area contributed by atoms with Crippen LogP contribution in [0.5, 0.6) is 0 Å². The predicted molar refractivity (Wildman–Crippen MR) is 52.9 cm³/mol. The standard InChI is InChI=1S/C7H8ClF2N3O2S/c1-13(4-6(9)10)16(14,15)5-2-11-7(8)12-3-5/h2-3,6H,4H2,1H3. The summed E-state index contributed by atoms with van der Waals surface area (Å²) in [5.74, 6) is 0. The van der Waals surface area contributed by atoms with Crippen molar-refractivity contribution in [1.82, 2.24) is 14.3 Å². The monoisotopic (exact) mass is 271 g/mol. The van der Waals surface area contributed by atoms with E-state index in [4.69, 9.17) is 11.6 Å². The minimum Gasteiger partial charge on any atom is -0.225 e. The fraction of sp³-hybridized carbons (Fsp3) is 0.429. The fourth-order valence-corrected chi connectivity index (χ4v) is 2.04. The number of hydrogen-bond donors (Lipinski definition) is 0. The molecule has 0 aromatic carbocycles. The molecular weight excluding hydrogens is 264 g/mol. The Bertz CT molecular complexity index is 451. The van der Waals surface area contributed by atoms with Gasteiger partial charge in [-0.1, -0.05) is 0 Å². The smallest absolute Gasteiger partial charge is 0.225 e. The van der Waals surface area contributed by atoms with Crippen molar-refractivity contribution in [3.8, 4) is 0 Å². The minimum atomic E-state index is -3.98. The largest absolute Gasteiger partial charge is 0.252 e. The summed E-state index contributed by atoms with van der Waals surface area (Å²) in [6.07, 6.45) is -0.813. The Balaban J connectivity index is 2.97. The van der Waals surface area contributed by atoms with Crippen molar-refractivity contribution < 1.29 is 17.2 Å². The van der Waals surface area contributed by atoms with Gasteiger partial charge in [0.1, 0.15) is 4.90 Å². The summed E-state index contributed by atoms with van der Waals surface area (Å²) in [6, 6.07) is 0. The van der Waals surface area contributed by atoms with Crippen molar-refractivity contribution in [3.63, 3.8) is 0 Å². The van der Waals surface area contributed by atoms with Crippen LogP contribution in [0.1, 0.15) is 0 Å². The highest BCUT2D eigenvalue weighted by atomic mass is 35.5. The average molecular weight is 272 g/mol. The molecule has 90 valence electrons. The first kappa shape index (κ1) is 13.2. The van der Waals surface area contributed by atoms with Crippen LogP contribution in [0, 0.1) is 0 Å². The topological polar surface area (TPSA) is 63.2 Å². The van der Waals surface area contributed by atoms with Crippen LogP contribution in [0.15, 0.2) is 17.3 Å². The van der Waals surface area contributed by atoms with Crippen LogP contribution in [0.25, 0.3) is 0 Å². The molecule has 0 saturated carbocycles. The van der Waals surface area contributed by atoms with Gasteiger partial charge in [0.2, 0.25) is 15.3 Å². The van der Waals surface area contributed by atoms with Gasteiger partial charge in [-0.3, -0.25) is 0 Å². The number of sulfonamides is 1. The van der Waals surface area contributed by atoms with Crippen LogP contribution in [-0.4, -0.2) is 42.7 Å². The molecule has 0 aliphatic rings. The van der Waals surface area contributed by atoms with E-state index in [-0.39, 0.29) is 10.2 Å². The van der Waals surface area contributed by atoms with Crippen LogP contribution < -0.4 is 0 Å². The molecule has 1 rings (SSSR count). The molecule has 5 nitrogen and oxygen atoms in total. The van der Waals surface area contributed by atoms with Gasteiger partial charge in [0.05, 0.1) is 18.9 Å². The van der Waals surface area contributed by atoms with Gasteiger partial charge >= 0.3 is 0 Å². The Hall–Kier alpha value is -0.860. The number of halogens is 3. The van der Waals surface area contributed by atoms with E-state index in [9.17, 15) is 17.2 Å².